The minimum atomic E-state index is -0.127. The van der Waals surface area contributed by atoms with Gasteiger partial charge in [0.1, 0.15) is 0 Å². The summed E-state index contributed by atoms with van der Waals surface area (Å²) < 4.78 is 0. The van der Waals surface area contributed by atoms with Gasteiger partial charge in [-0.25, -0.2) is 0 Å². The van der Waals surface area contributed by atoms with Crippen LogP contribution >= 0.6 is 11.3 Å². The summed E-state index contributed by atoms with van der Waals surface area (Å²) in [7, 11) is 0. The number of aryl methyl sites for hydroxylation is 1. The SMILES string of the molecule is Cc1scc2c1CNC2=O.O=C1CCCCC(=O)N1.[HH]. The second-order valence-corrected chi connectivity index (χ2v) is 5.63. The van der Waals surface area contributed by atoms with Crippen LogP contribution in [0.5, 0.6) is 0 Å². The van der Waals surface area contributed by atoms with E-state index in [1.54, 1.807) is 11.3 Å². The maximum atomic E-state index is 11.0. The fourth-order valence-electron chi connectivity index (χ4n) is 2.00. The summed E-state index contributed by atoms with van der Waals surface area (Å²) in [5.41, 5.74) is 2.07. The Bertz CT molecular complexity index is 512. The maximum Gasteiger partial charge on any atom is 0.252 e. The van der Waals surface area contributed by atoms with Crippen LogP contribution in [0.25, 0.3) is 0 Å². The van der Waals surface area contributed by atoms with Gasteiger partial charge in [-0.15, -0.1) is 11.3 Å². The van der Waals surface area contributed by atoms with Gasteiger partial charge in [-0.2, -0.15) is 0 Å². The molecule has 0 aliphatic carbocycles. The molecule has 5 nitrogen and oxygen atoms in total. The smallest absolute Gasteiger partial charge is 0.252 e. The summed E-state index contributed by atoms with van der Waals surface area (Å²) in [5.74, 6) is -0.172. The maximum absolute atomic E-state index is 11.0. The molecule has 3 amide bonds. The van der Waals surface area contributed by atoms with Crippen LogP contribution in [0.3, 0.4) is 0 Å². The second-order valence-electron chi connectivity index (χ2n) is 4.55. The van der Waals surface area contributed by atoms with E-state index in [2.05, 4.69) is 10.6 Å². The van der Waals surface area contributed by atoms with Crippen LogP contribution < -0.4 is 10.6 Å². The number of fused-ring (bicyclic) bond motifs is 1. The first-order chi connectivity index (χ1) is 9.08. The lowest BCUT2D eigenvalue weighted by Crippen LogP contribution is -2.27. The molecular formula is C13H18N2O3S. The average molecular weight is 282 g/mol. The zero-order valence-electron chi connectivity index (χ0n) is 10.7. The van der Waals surface area contributed by atoms with Crippen molar-refractivity contribution in [1.29, 1.82) is 0 Å². The van der Waals surface area contributed by atoms with E-state index in [-0.39, 0.29) is 19.1 Å². The summed E-state index contributed by atoms with van der Waals surface area (Å²) >= 11 is 1.65. The molecule has 0 saturated carbocycles. The molecule has 1 fully saturated rings. The third kappa shape index (κ3) is 3.41. The van der Waals surface area contributed by atoms with Crippen LogP contribution in [0.4, 0.5) is 0 Å². The van der Waals surface area contributed by atoms with Gasteiger partial charge < -0.3 is 5.32 Å². The highest BCUT2D eigenvalue weighted by Crippen LogP contribution is 2.24. The summed E-state index contributed by atoms with van der Waals surface area (Å²) in [6, 6.07) is 0. The lowest BCUT2D eigenvalue weighted by molar-refractivity contribution is -0.129. The normalized spacial score (nSPS) is 17.8. The number of imide groups is 1. The highest BCUT2D eigenvalue weighted by Gasteiger charge is 2.21. The van der Waals surface area contributed by atoms with E-state index < -0.39 is 0 Å². The van der Waals surface area contributed by atoms with Crippen molar-refractivity contribution in [3.8, 4) is 0 Å². The summed E-state index contributed by atoms with van der Waals surface area (Å²) in [4.78, 5) is 33.4. The number of nitrogens with one attached hydrogen (secondary N) is 2. The Morgan fingerprint density at radius 2 is 1.79 bits per heavy atom. The molecule has 1 aromatic rings. The molecule has 3 heterocycles. The molecule has 0 atom stereocenters. The lowest BCUT2D eigenvalue weighted by Gasteiger charge is -1.93. The molecule has 6 heteroatoms. The van der Waals surface area contributed by atoms with Crippen LogP contribution in [-0.4, -0.2) is 17.7 Å². The van der Waals surface area contributed by atoms with Crippen molar-refractivity contribution < 1.29 is 15.8 Å². The first-order valence-corrected chi connectivity index (χ1v) is 7.13. The van der Waals surface area contributed by atoms with E-state index in [0.29, 0.717) is 12.8 Å². The van der Waals surface area contributed by atoms with Gasteiger partial charge >= 0.3 is 0 Å². The molecule has 2 aliphatic rings. The third-order valence-electron chi connectivity index (χ3n) is 3.11. The Labute approximate surface area is 116 Å². The fraction of sp³-hybridized carbons (Fsp3) is 0.462. The number of hydrogen-bond acceptors (Lipinski definition) is 4. The van der Waals surface area contributed by atoms with Crippen LogP contribution in [0.1, 0.15) is 47.9 Å². The van der Waals surface area contributed by atoms with Gasteiger partial charge in [0.15, 0.2) is 0 Å². The van der Waals surface area contributed by atoms with E-state index in [0.717, 1.165) is 24.9 Å². The van der Waals surface area contributed by atoms with Gasteiger partial charge in [0.2, 0.25) is 11.8 Å². The molecule has 2 aliphatic heterocycles. The Hall–Kier alpha value is -1.69. The highest BCUT2D eigenvalue weighted by atomic mass is 32.1. The van der Waals surface area contributed by atoms with E-state index >= 15 is 0 Å². The molecular weight excluding hydrogens is 264 g/mol. The second kappa shape index (κ2) is 5.97. The predicted octanol–water partition coefficient (Wildman–Crippen LogP) is 1.75. The molecule has 104 valence electrons. The van der Waals surface area contributed by atoms with Crippen LogP contribution in [-0.2, 0) is 16.1 Å². The molecule has 3 rings (SSSR count). The van der Waals surface area contributed by atoms with Gasteiger partial charge in [-0.1, -0.05) is 0 Å². The van der Waals surface area contributed by atoms with Crippen molar-refractivity contribution in [2.45, 2.75) is 39.2 Å². The number of carbonyl (C=O) groups excluding carboxylic acids is 3. The zero-order chi connectivity index (χ0) is 13.8. The molecule has 2 N–H and O–H groups in total. The quantitative estimate of drug-likeness (QED) is 0.712. The summed E-state index contributed by atoms with van der Waals surface area (Å²) in [6.07, 6.45) is 2.70. The molecule has 0 bridgehead atoms. The molecule has 1 saturated heterocycles. The van der Waals surface area contributed by atoms with Crippen LogP contribution in [0.2, 0.25) is 0 Å². The van der Waals surface area contributed by atoms with Gasteiger partial charge in [-0.3, -0.25) is 19.7 Å². The van der Waals surface area contributed by atoms with Crippen LogP contribution in [0, 0.1) is 6.92 Å². The van der Waals surface area contributed by atoms with Gasteiger partial charge in [-0.05, 0) is 25.3 Å². The Balaban J connectivity index is 0.000000192. The van der Waals surface area contributed by atoms with E-state index in [9.17, 15) is 14.4 Å². The molecule has 1 aromatic heterocycles. The number of carbonyl (C=O) groups is 3. The molecule has 0 spiro atoms. The Kier molecular flexibility index (Phi) is 4.31. The molecule has 19 heavy (non-hydrogen) atoms. The van der Waals surface area contributed by atoms with Crippen molar-refractivity contribution in [2.24, 2.45) is 0 Å². The van der Waals surface area contributed by atoms with Gasteiger partial charge in [0.05, 0.1) is 5.56 Å². The minimum Gasteiger partial charge on any atom is -0.348 e. The Morgan fingerprint density at radius 3 is 2.37 bits per heavy atom. The molecule has 0 radical (unpaired) electrons. The number of thiophene rings is 1. The standard InChI is InChI=1S/C7H7NOS.C6H9NO2.H2/c1-4-5-2-8-7(9)6(5)3-10-4;8-5-3-1-2-4-6(9)7-5;/h3H,2H2,1H3,(H,8,9);1-4H2,(H,7,8,9);1H. The Morgan fingerprint density at radius 1 is 1.16 bits per heavy atom. The first kappa shape index (κ1) is 13.7. The van der Waals surface area contributed by atoms with Gasteiger partial charge in [0.25, 0.3) is 5.91 Å². The summed E-state index contributed by atoms with van der Waals surface area (Å²) in [5, 5.41) is 6.96. The van der Waals surface area contributed by atoms with Crippen molar-refractivity contribution in [3.05, 3.63) is 21.4 Å². The number of hydrogen-bond donors (Lipinski definition) is 2. The molecule has 0 unspecified atom stereocenters. The van der Waals surface area contributed by atoms with E-state index in [1.165, 1.54) is 10.4 Å². The number of amides is 3. The highest BCUT2D eigenvalue weighted by molar-refractivity contribution is 7.10. The third-order valence-corrected chi connectivity index (χ3v) is 4.06. The largest absolute Gasteiger partial charge is 0.348 e. The first-order valence-electron chi connectivity index (χ1n) is 6.26. The topological polar surface area (TPSA) is 75.3 Å². The van der Waals surface area contributed by atoms with Crippen molar-refractivity contribution in [1.82, 2.24) is 10.6 Å². The average Bonchev–Trinajstić information content (AvgIpc) is 2.84. The molecule has 0 aromatic carbocycles. The van der Waals surface area contributed by atoms with Crippen molar-refractivity contribution >= 4 is 29.1 Å². The van der Waals surface area contributed by atoms with Crippen LogP contribution in [0.15, 0.2) is 5.38 Å². The monoisotopic (exact) mass is 282 g/mol. The number of rotatable bonds is 0. The van der Waals surface area contributed by atoms with Crippen molar-refractivity contribution in [2.75, 3.05) is 0 Å². The lowest BCUT2D eigenvalue weighted by atomic mass is 10.2. The zero-order valence-corrected chi connectivity index (χ0v) is 11.6. The van der Waals surface area contributed by atoms with E-state index in [1.807, 2.05) is 12.3 Å². The van der Waals surface area contributed by atoms with Gasteiger partial charge in [0, 0.05) is 31.1 Å². The minimum absolute atomic E-state index is 0. The van der Waals surface area contributed by atoms with Crippen molar-refractivity contribution in [3.63, 3.8) is 0 Å². The van der Waals surface area contributed by atoms with E-state index in [4.69, 9.17) is 0 Å². The summed E-state index contributed by atoms with van der Waals surface area (Å²) in [6.45, 7) is 2.77. The fourth-order valence-corrected chi connectivity index (χ4v) is 2.87. The predicted molar refractivity (Wildman–Crippen MR) is 74.0 cm³/mol.